The molecule has 2 atom stereocenters. The van der Waals surface area contributed by atoms with Gasteiger partial charge in [-0.2, -0.15) is 0 Å². The van der Waals surface area contributed by atoms with E-state index in [0.717, 1.165) is 61.3 Å². The van der Waals surface area contributed by atoms with E-state index in [2.05, 4.69) is 5.48 Å². The van der Waals surface area contributed by atoms with Crippen molar-refractivity contribution in [1.82, 2.24) is 5.48 Å². The number of hydrogen-bond donors (Lipinski definition) is 1. The molecule has 2 unspecified atom stereocenters. The molecule has 2 aliphatic heterocycles. The summed E-state index contributed by atoms with van der Waals surface area (Å²) in [5.41, 5.74) is 3.84. The minimum atomic E-state index is -0.505. The quantitative estimate of drug-likeness (QED) is 0.612. The SMILES string of the molecule is O=C(NOC1CCCCO1)C1(Cc2ccc(Oc3ccccc3)cc2)CCCCS1. The molecule has 2 aromatic rings. The highest BCUT2D eigenvalue weighted by atomic mass is 32.2. The summed E-state index contributed by atoms with van der Waals surface area (Å²) < 4.78 is 10.9. The Hall–Kier alpha value is -2.02. The van der Waals surface area contributed by atoms with Gasteiger partial charge in [-0.15, -0.1) is 11.8 Å². The molecule has 2 aromatic carbocycles. The molecule has 6 heteroatoms. The summed E-state index contributed by atoms with van der Waals surface area (Å²) in [6.45, 7) is 0.692. The molecule has 0 aliphatic carbocycles. The first-order valence-corrected chi connectivity index (χ1v) is 11.8. The van der Waals surface area contributed by atoms with Gasteiger partial charge in [0.05, 0.1) is 0 Å². The van der Waals surface area contributed by atoms with Crippen LogP contribution in [0.4, 0.5) is 0 Å². The third-order valence-electron chi connectivity index (χ3n) is 5.58. The van der Waals surface area contributed by atoms with Crippen molar-refractivity contribution in [1.29, 1.82) is 0 Å². The smallest absolute Gasteiger partial charge is 0.260 e. The summed E-state index contributed by atoms with van der Waals surface area (Å²) in [6.07, 6.45) is 6.33. The van der Waals surface area contributed by atoms with Crippen molar-refractivity contribution in [2.45, 2.75) is 56.0 Å². The Labute approximate surface area is 182 Å². The average Bonchev–Trinajstić information content (AvgIpc) is 2.81. The molecule has 1 N–H and O–H groups in total. The van der Waals surface area contributed by atoms with Crippen LogP contribution in [0.1, 0.15) is 44.1 Å². The van der Waals surface area contributed by atoms with Crippen molar-refractivity contribution in [2.75, 3.05) is 12.4 Å². The first kappa shape index (κ1) is 21.2. The van der Waals surface area contributed by atoms with Gasteiger partial charge in [-0.1, -0.05) is 36.8 Å². The number of amides is 1. The Morgan fingerprint density at radius 1 is 1.03 bits per heavy atom. The lowest BCUT2D eigenvalue weighted by Crippen LogP contribution is -2.48. The van der Waals surface area contributed by atoms with Gasteiger partial charge in [0, 0.05) is 13.0 Å². The molecule has 0 aromatic heterocycles. The topological polar surface area (TPSA) is 56.8 Å². The Morgan fingerprint density at radius 3 is 2.53 bits per heavy atom. The zero-order chi connectivity index (χ0) is 20.7. The number of nitrogens with one attached hydrogen (secondary N) is 1. The van der Waals surface area contributed by atoms with E-state index < -0.39 is 4.75 Å². The lowest BCUT2D eigenvalue weighted by molar-refractivity contribution is -0.201. The molecule has 2 saturated heterocycles. The number of hydrogen-bond acceptors (Lipinski definition) is 5. The molecule has 30 heavy (non-hydrogen) atoms. The predicted molar refractivity (Wildman–Crippen MR) is 119 cm³/mol. The fraction of sp³-hybridized carbons (Fsp3) is 0.458. The normalized spacial score (nSPS) is 24.2. The summed E-state index contributed by atoms with van der Waals surface area (Å²) in [5.74, 6) is 2.54. The van der Waals surface area contributed by atoms with E-state index in [1.165, 1.54) is 0 Å². The summed E-state index contributed by atoms with van der Waals surface area (Å²) in [7, 11) is 0. The van der Waals surface area contributed by atoms with Gasteiger partial charge in [-0.3, -0.25) is 4.79 Å². The molecule has 4 rings (SSSR count). The van der Waals surface area contributed by atoms with Gasteiger partial charge >= 0.3 is 0 Å². The molecule has 160 valence electrons. The summed E-state index contributed by atoms with van der Waals surface area (Å²) in [4.78, 5) is 18.7. The number of rotatable bonds is 7. The fourth-order valence-corrected chi connectivity index (χ4v) is 5.37. The van der Waals surface area contributed by atoms with Crippen LogP contribution in [0.3, 0.4) is 0 Å². The largest absolute Gasteiger partial charge is 0.457 e. The highest BCUT2D eigenvalue weighted by Crippen LogP contribution is 2.40. The van der Waals surface area contributed by atoms with Crippen LogP contribution in [-0.4, -0.2) is 29.3 Å². The van der Waals surface area contributed by atoms with Crippen LogP contribution in [0.5, 0.6) is 11.5 Å². The van der Waals surface area contributed by atoms with E-state index in [4.69, 9.17) is 14.3 Å². The second kappa shape index (κ2) is 10.3. The van der Waals surface area contributed by atoms with Gasteiger partial charge in [-0.25, -0.2) is 10.3 Å². The van der Waals surface area contributed by atoms with Crippen LogP contribution in [0, 0.1) is 0 Å². The molecule has 2 fully saturated rings. The Morgan fingerprint density at radius 2 is 1.83 bits per heavy atom. The van der Waals surface area contributed by atoms with Crippen LogP contribution >= 0.6 is 11.8 Å². The highest BCUT2D eigenvalue weighted by Gasteiger charge is 2.41. The van der Waals surface area contributed by atoms with Gasteiger partial charge in [0.25, 0.3) is 5.91 Å². The molecule has 0 spiro atoms. The van der Waals surface area contributed by atoms with Gasteiger partial charge in [0.15, 0.2) is 6.29 Å². The molecule has 1 amide bonds. The minimum absolute atomic E-state index is 0.0500. The van der Waals surface area contributed by atoms with E-state index in [-0.39, 0.29) is 12.2 Å². The van der Waals surface area contributed by atoms with Crippen molar-refractivity contribution in [2.24, 2.45) is 0 Å². The molecule has 0 bridgehead atoms. The predicted octanol–water partition coefficient (Wildman–Crippen LogP) is 5.25. The molecule has 0 radical (unpaired) electrons. The number of ether oxygens (including phenoxy) is 2. The fourth-order valence-electron chi connectivity index (χ4n) is 3.90. The molecule has 0 saturated carbocycles. The Kier molecular flexibility index (Phi) is 7.31. The maximum absolute atomic E-state index is 13.1. The van der Waals surface area contributed by atoms with Crippen LogP contribution in [0.25, 0.3) is 0 Å². The number of carbonyl (C=O) groups is 1. The number of carbonyl (C=O) groups excluding carboxylic acids is 1. The van der Waals surface area contributed by atoms with Crippen molar-refractivity contribution >= 4 is 17.7 Å². The van der Waals surface area contributed by atoms with Crippen LogP contribution < -0.4 is 10.2 Å². The van der Waals surface area contributed by atoms with E-state index >= 15 is 0 Å². The van der Waals surface area contributed by atoms with Crippen LogP contribution in [0.15, 0.2) is 54.6 Å². The molecular weight excluding hydrogens is 398 g/mol. The van der Waals surface area contributed by atoms with Gasteiger partial charge in [-0.05, 0) is 67.7 Å². The van der Waals surface area contributed by atoms with E-state index in [9.17, 15) is 4.79 Å². The molecule has 5 nitrogen and oxygen atoms in total. The highest BCUT2D eigenvalue weighted by molar-refractivity contribution is 8.01. The van der Waals surface area contributed by atoms with Crippen LogP contribution in [-0.2, 0) is 20.8 Å². The third kappa shape index (κ3) is 5.56. The van der Waals surface area contributed by atoms with E-state index in [1.807, 2.05) is 54.6 Å². The zero-order valence-electron chi connectivity index (χ0n) is 17.2. The second-order valence-corrected chi connectivity index (χ2v) is 9.36. The summed E-state index contributed by atoms with van der Waals surface area (Å²) in [5, 5.41) is 0. The van der Waals surface area contributed by atoms with Crippen molar-refractivity contribution < 1.29 is 19.1 Å². The maximum atomic E-state index is 13.1. The van der Waals surface area contributed by atoms with Crippen molar-refractivity contribution in [3.8, 4) is 11.5 Å². The van der Waals surface area contributed by atoms with Gasteiger partial charge in [0.1, 0.15) is 16.2 Å². The molecule has 2 heterocycles. The lowest BCUT2D eigenvalue weighted by Gasteiger charge is -2.35. The standard InChI is InChI=1S/C24H29NO4S/c26-23(25-29-22-10-4-6-16-27-22)24(15-5-7-17-30-24)18-19-11-13-21(14-12-19)28-20-8-2-1-3-9-20/h1-3,8-9,11-14,22H,4-7,10,15-18H2,(H,25,26). The van der Waals surface area contributed by atoms with Crippen LogP contribution in [0.2, 0.25) is 0 Å². The first-order valence-electron chi connectivity index (χ1n) is 10.8. The lowest BCUT2D eigenvalue weighted by atomic mass is 9.92. The average molecular weight is 428 g/mol. The van der Waals surface area contributed by atoms with Gasteiger partial charge in [0.2, 0.25) is 0 Å². The van der Waals surface area contributed by atoms with E-state index in [1.54, 1.807) is 11.8 Å². The van der Waals surface area contributed by atoms with Crippen molar-refractivity contribution in [3.05, 3.63) is 60.2 Å². The zero-order valence-corrected chi connectivity index (χ0v) is 18.0. The Balaban J connectivity index is 1.39. The first-order chi connectivity index (χ1) is 14.7. The number of hydroxylamine groups is 1. The Bertz CT molecular complexity index is 800. The number of thioether (sulfide) groups is 1. The van der Waals surface area contributed by atoms with E-state index in [0.29, 0.717) is 13.0 Å². The molecular formula is C24H29NO4S. The van der Waals surface area contributed by atoms with Gasteiger partial charge < -0.3 is 9.47 Å². The summed E-state index contributed by atoms with van der Waals surface area (Å²) in [6, 6.07) is 17.8. The monoisotopic (exact) mass is 427 g/mol. The molecule has 2 aliphatic rings. The maximum Gasteiger partial charge on any atom is 0.260 e. The number of para-hydroxylation sites is 1. The summed E-state index contributed by atoms with van der Waals surface area (Å²) >= 11 is 1.74. The number of benzene rings is 2. The van der Waals surface area contributed by atoms with Crippen molar-refractivity contribution in [3.63, 3.8) is 0 Å². The minimum Gasteiger partial charge on any atom is -0.457 e. The second-order valence-electron chi connectivity index (χ2n) is 7.88. The third-order valence-corrected chi connectivity index (χ3v) is 7.16.